The molecule has 0 saturated carbocycles. The molecule has 1 N–H and O–H groups in total. The van der Waals surface area contributed by atoms with Crippen LogP contribution >= 0.6 is 0 Å². The van der Waals surface area contributed by atoms with Gasteiger partial charge in [-0.2, -0.15) is 5.10 Å². The van der Waals surface area contributed by atoms with E-state index in [-0.39, 0.29) is 11.9 Å². The van der Waals surface area contributed by atoms with Crippen LogP contribution in [0.1, 0.15) is 55.4 Å². The van der Waals surface area contributed by atoms with Gasteiger partial charge in [0.15, 0.2) is 5.65 Å². The molecule has 0 aliphatic carbocycles. The number of carbonyl (C=O) groups excluding carboxylic acids is 1. The number of fused-ring (bicyclic) bond motifs is 1. The molecule has 2 heterocycles. The van der Waals surface area contributed by atoms with Gasteiger partial charge in [0.25, 0.3) is 5.91 Å². The highest BCUT2D eigenvalue weighted by atomic mass is 16.1. The van der Waals surface area contributed by atoms with E-state index < -0.39 is 0 Å². The first kappa shape index (κ1) is 22.0. The Kier molecular flexibility index (Phi) is 7.21. The molecule has 0 spiro atoms. The average Bonchev–Trinajstić information content (AvgIpc) is 3.09. The molecule has 2 aromatic heterocycles. The van der Waals surface area contributed by atoms with E-state index in [9.17, 15) is 4.79 Å². The molecule has 0 aliphatic heterocycles. The standard InChI is InChI=1S/C24H33N5O/c1-6-28(7-2)15-11-12-17(3)26-24(30)21-16-25-23-22(20-13-9-8-10-14-20)18(4)27-29(23)19(21)5/h8-10,13-14,16-17H,6-7,11-12,15H2,1-5H3,(H,26,30)/t17-/m0/s1. The molecular formula is C24H33N5O. The summed E-state index contributed by atoms with van der Waals surface area (Å²) >= 11 is 0. The molecule has 6 heteroatoms. The number of hydrogen-bond acceptors (Lipinski definition) is 4. The number of aryl methyl sites for hydroxylation is 2. The first-order valence-electron chi connectivity index (χ1n) is 10.9. The Labute approximate surface area is 179 Å². The van der Waals surface area contributed by atoms with Gasteiger partial charge in [0, 0.05) is 17.8 Å². The van der Waals surface area contributed by atoms with E-state index in [0.717, 1.165) is 60.6 Å². The fraction of sp³-hybridized carbons (Fsp3) is 0.458. The lowest BCUT2D eigenvalue weighted by atomic mass is 10.1. The fourth-order valence-electron chi connectivity index (χ4n) is 3.90. The SMILES string of the molecule is CCN(CC)CCC[C@H](C)NC(=O)c1cnc2c(-c3ccccc3)c(C)nn2c1C. The van der Waals surface area contributed by atoms with E-state index >= 15 is 0 Å². The lowest BCUT2D eigenvalue weighted by Crippen LogP contribution is -2.34. The molecule has 0 bridgehead atoms. The maximum absolute atomic E-state index is 12.9. The van der Waals surface area contributed by atoms with E-state index in [1.54, 1.807) is 10.7 Å². The summed E-state index contributed by atoms with van der Waals surface area (Å²) in [5, 5.41) is 7.79. The Hall–Kier alpha value is -2.73. The topological polar surface area (TPSA) is 62.5 Å². The van der Waals surface area contributed by atoms with Crippen molar-refractivity contribution in [1.29, 1.82) is 0 Å². The molecule has 3 aromatic rings. The second kappa shape index (κ2) is 9.85. The summed E-state index contributed by atoms with van der Waals surface area (Å²) < 4.78 is 1.79. The molecule has 0 radical (unpaired) electrons. The molecule has 160 valence electrons. The molecule has 0 aliphatic rings. The average molecular weight is 408 g/mol. The Morgan fingerprint density at radius 2 is 1.87 bits per heavy atom. The van der Waals surface area contributed by atoms with Crippen molar-refractivity contribution in [3.8, 4) is 11.1 Å². The van der Waals surface area contributed by atoms with Gasteiger partial charge >= 0.3 is 0 Å². The van der Waals surface area contributed by atoms with E-state index in [4.69, 9.17) is 0 Å². The van der Waals surface area contributed by atoms with Gasteiger partial charge in [0.2, 0.25) is 0 Å². The number of rotatable bonds is 9. The summed E-state index contributed by atoms with van der Waals surface area (Å²) in [5.41, 5.74) is 5.14. The maximum Gasteiger partial charge on any atom is 0.254 e. The smallest absolute Gasteiger partial charge is 0.254 e. The highest BCUT2D eigenvalue weighted by Crippen LogP contribution is 2.27. The zero-order valence-corrected chi connectivity index (χ0v) is 18.8. The molecule has 3 rings (SSSR count). The highest BCUT2D eigenvalue weighted by molar-refractivity contribution is 5.95. The molecule has 1 atom stereocenters. The second-order valence-electron chi connectivity index (χ2n) is 7.86. The molecule has 6 nitrogen and oxygen atoms in total. The molecule has 0 unspecified atom stereocenters. The van der Waals surface area contributed by atoms with Crippen molar-refractivity contribution in [3.63, 3.8) is 0 Å². The number of hydrogen-bond donors (Lipinski definition) is 1. The van der Waals surface area contributed by atoms with Crippen LogP contribution in [0.3, 0.4) is 0 Å². The molecular weight excluding hydrogens is 374 g/mol. The maximum atomic E-state index is 12.9. The van der Waals surface area contributed by atoms with Crippen molar-refractivity contribution in [2.24, 2.45) is 0 Å². The van der Waals surface area contributed by atoms with Crippen molar-refractivity contribution in [1.82, 2.24) is 24.8 Å². The van der Waals surface area contributed by atoms with Crippen LogP contribution in [0.5, 0.6) is 0 Å². The summed E-state index contributed by atoms with van der Waals surface area (Å²) in [4.78, 5) is 19.9. The van der Waals surface area contributed by atoms with Crippen LogP contribution in [0.2, 0.25) is 0 Å². The normalized spacial score (nSPS) is 12.5. The van der Waals surface area contributed by atoms with Crippen LogP contribution < -0.4 is 5.32 Å². The number of nitrogens with zero attached hydrogens (tertiary/aromatic N) is 4. The number of carbonyl (C=O) groups is 1. The minimum absolute atomic E-state index is 0.0911. The number of amides is 1. The van der Waals surface area contributed by atoms with Crippen LogP contribution in [-0.2, 0) is 0 Å². The molecule has 1 aromatic carbocycles. The first-order chi connectivity index (χ1) is 14.5. The van der Waals surface area contributed by atoms with Crippen LogP contribution in [0.15, 0.2) is 36.5 Å². The summed E-state index contributed by atoms with van der Waals surface area (Å²) in [6.45, 7) is 13.5. The monoisotopic (exact) mass is 407 g/mol. The van der Waals surface area contributed by atoms with Gasteiger partial charge in [-0.25, -0.2) is 9.50 Å². The quantitative estimate of drug-likeness (QED) is 0.576. The molecule has 0 saturated heterocycles. The minimum Gasteiger partial charge on any atom is -0.349 e. The molecule has 30 heavy (non-hydrogen) atoms. The predicted octanol–water partition coefficient (Wildman–Crippen LogP) is 4.25. The van der Waals surface area contributed by atoms with Gasteiger partial charge in [-0.1, -0.05) is 44.2 Å². The molecule has 1 amide bonds. The van der Waals surface area contributed by atoms with E-state index in [1.807, 2.05) is 32.0 Å². The van der Waals surface area contributed by atoms with Gasteiger partial charge < -0.3 is 10.2 Å². The van der Waals surface area contributed by atoms with Crippen molar-refractivity contribution in [3.05, 3.63) is 53.5 Å². The minimum atomic E-state index is -0.0911. The van der Waals surface area contributed by atoms with Gasteiger partial charge in [-0.3, -0.25) is 4.79 Å². The Bertz CT molecular complexity index is 992. The van der Waals surface area contributed by atoms with Crippen molar-refractivity contribution >= 4 is 11.6 Å². The Morgan fingerprint density at radius 3 is 2.53 bits per heavy atom. The summed E-state index contributed by atoms with van der Waals surface area (Å²) in [7, 11) is 0. The third kappa shape index (κ3) is 4.70. The van der Waals surface area contributed by atoms with Crippen LogP contribution in [0.25, 0.3) is 16.8 Å². The van der Waals surface area contributed by atoms with Crippen LogP contribution in [0.4, 0.5) is 0 Å². The zero-order chi connectivity index (χ0) is 21.7. The highest BCUT2D eigenvalue weighted by Gasteiger charge is 2.19. The fourth-order valence-corrected chi connectivity index (χ4v) is 3.90. The van der Waals surface area contributed by atoms with E-state index in [2.05, 4.69) is 53.2 Å². The lowest BCUT2D eigenvalue weighted by Gasteiger charge is -2.20. The number of aromatic nitrogens is 3. The van der Waals surface area contributed by atoms with E-state index in [0.29, 0.717) is 5.56 Å². The van der Waals surface area contributed by atoms with Crippen molar-refractivity contribution in [2.45, 2.75) is 53.5 Å². The predicted molar refractivity (Wildman–Crippen MR) is 122 cm³/mol. The Balaban J connectivity index is 1.75. The van der Waals surface area contributed by atoms with Crippen molar-refractivity contribution in [2.75, 3.05) is 19.6 Å². The van der Waals surface area contributed by atoms with Gasteiger partial charge in [0.05, 0.1) is 17.0 Å². The summed E-state index contributed by atoms with van der Waals surface area (Å²) in [6, 6.07) is 10.2. The van der Waals surface area contributed by atoms with Gasteiger partial charge in [0.1, 0.15) is 0 Å². The van der Waals surface area contributed by atoms with Gasteiger partial charge in [-0.05, 0) is 58.8 Å². The second-order valence-corrected chi connectivity index (χ2v) is 7.86. The third-order valence-corrected chi connectivity index (χ3v) is 5.75. The van der Waals surface area contributed by atoms with Crippen LogP contribution in [0, 0.1) is 13.8 Å². The summed E-state index contributed by atoms with van der Waals surface area (Å²) in [6.07, 6.45) is 3.70. The third-order valence-electron chi connectivity index (χ3n) is 5.75. The largest absolute Gasteiger partial charge is 0.349 e. The van der Waals surface area contributed by atoms with Crippen molar-refractivity contribution < 1.29 is 4.79 Å². The van der Waals surface area contributed by atoms with E-state index in [1.165, 1.54) is 0 Å². The zero-order valence-electron chi connectivity index (χ0n) is 18.8. The lowest BCUT2D eigenvalue weighted by molar-refractivity contribution is 0.0935. The van der Waals surface area contributed by atoms with Crippen LogP contribution in [-0.4, -0.2) is 51.1 Å². The molecule has 0 fully saturated rings. The number of benzene rings is 1. The number of nitrogens with one attached hydrogen (secondary N) is 1. The van der Waals surface area contributed by atoms with Gasteiger partial charge in [-0.15, -0.1) is 0 Å². The Morgan fingerprint density at radius 1 is 1.17 bits per heavy atom. The summed E-state index contributed by atoms with van der Waals surface area (Å²) in [5.74, 6) is -0.0911. The first-order valence-corrected chi connectivity index (χ1v) is 10.9.